The molecule has 0 saturated carbocycles. The van der Waals surface area contributed by atoms with E-state index in [1.54, 1.807) is 58.9 Å². The predicted octanol–water partition coefficient (Wildman–Crippen LogP) is 6.04. The number of nitrogens with two attached hydrogens (primary N) is 3. The van der Waals surface area contributed by atoms with Crippen LogP contribution >= 0.6 is 23.2 Å². The number of nitrogens with one attached hydrogen (secondary N) is 3. The van der Waals surface area contributed by atoms with E-state index in [-0.39, 0.29) is 93.5 Å². The Kier molecular flexibility index (Phi) is 19.5. The first-order valence-corrected chi connectivity index (χ1v) is 23.0. The van der Waals surface area contributed by atoms with Crippen LogP contribution in [-0.4, -0.2) is 84.9 Å². The second-order valence-corrected chi connectivity index (χ2v) is 18.0. The molecule has 380 valence electrons. The number of oxime groups is 1. The van der Waals surface area contributed by atoms with Crippen molar-refractivity contribution >= 4 is 75.9 Å². The second-order valence-electron chi connectivity index (χ2n) is 17.3. The lowest BCUT2D eigenvalue weighted by molar-refractivity contribution is -0.155. The van der Waals surface area contributed by atoms with Crippen LogP contribution in [0.15, 0.2) is 75.4 Å². The zero-order valence-electron chi connectivity index (χ0n) is 40.8. The van der Waals surface area contributed by atoms with Gasteiger partial charge in [-0.2, -0.15) is 0 Å². The molecule has 0 saturated heterocycles. The maximum atomic E-state index is 13.4. The number of benzene rings is 3. The molecule has 23 heteroatoms. The molecule has 0 aliphatic rings. The van der Waals surface area contributed by atoms with E-state index < -0.39 is 53.6 Å². The van der Waals surface area contributed by atoms with Crippen molar-refractivity contribution in [3.05, 3.63) is 114 Å². The first-order chi connectivity index (χ1) is 33.3. The molecular formula is C48H59Cl2N11O10. The number of amides is 1. The van der Waals surface area contributed by atoms with Gasteiger partial charge in [0.1, 0.15) is 18.7 Å². The molecule has 0 bridgehead atoms. The second kappa shape index (κ2) is 24.8. The van der Waals surface area contributed by atoms with Gasteiger partial charge in [0.25, 0.3) is 11.1 Å². The molecule has 0 atom stereocenters. The monoisotopic (exact) mass is 1020 g/mol. The smallest absolute Gasteiger partial charge is 0.338 e. The molecule has 5 aromatic rings. The lowest BCUT2D eigenvalue weighted by Crippen LogP contribution is -2.35. The zero-order valence-corrected chi connectivity index (χ0v) is 42.3. The molecule has 3 aromatic carbocycles. The number of nitrogens with zero attached hydrogens (tertiary/aromatic N) is 5. The number of amidine groups is 1. The number of anilines is 4. The van der Waals surface area contributed by atoms with Crippen molar-refractivity contribution in [2.24, 2.45) is 10.9 Å². The fraction of sp³-hybridized carbons (Fsp3) is 0.354. The van der Waals surface area contributed by atoms with Gasteiger partial charge >= 0.3 is 17.9 Å². The normalized spacial score (nSPS) is 11.4. The SMILES string of the molecule is CCOC(=O)c1cc(N)cc(-c2c(Cl)nc(NC(C)C)c(=O)n2CC(=O)NCc2ccc(/C(N)=N/O)cc2)c1.CCOC(=O)c1cc(N)cc(-c2c(Cl)nc(NC(C)C)c(=O)n2CC(=O)OC(C)(C)C)c1. The first kappa shape index (κ1) is 55.9. The van der Waals surface area contributed by atoms with E-state index in [2.05, 4.69) is 31.1 Å². The molecule has 71 heavy (non-hydrogen) atoms. The Morgan fingerprint density at radius 3 is 1.55 bits per heavy atom. The summed E-state index contributed by atoms with van der Waals surface area (Å²) in [7, 11) is 0. The Hall–Kier alpha value is -7.65. The van der Waals surface area contributed by atoms with Crippen LogP contribution in [0.4, 0.5) is 23.0 Å². The molecule has 21 nitrogen and oxygen atoms in total. The number of nitrogen functional groups attached to an aromatic ring is 2. The molecule has 2 aromatic heterocycles. The summed E-state index contributed by atoms with van der Waals surface area (Å²) < 4.78 is 17.8. The van der Waals surface area contributed by atoms with Crippen molar-refractivity contribution in [3.63, 3.8) is 0 Å². The summed E-state index contributed by atoms with van der Waals surface area (Å²) in [5, 5.41) is 20.3. The number of hydrogen-bond acceptors (Lipinski definition) is 17. The summed E-state index contributed by atoms with van der Waals surface area (Å²) in [6.45, 7) is 15.6. The molecule has 2 heterocycles. The quantitative estimate of drug-likeness (QED) is 0.0106. The highest BCUT2D eigenvalue weighted by molar-refractivity contribution is 6.32. The van der Waals surface area contributed by atoms with Crippen LogP contribution in [0.25, 0.3) is 22.5 Å². The number of hydrogen-bond donors (Lipinski definition) is 7. The van der Waals surface area contributed by atoms with Crippen LogP contribution in [0, 0.1) is 0 Å². The molecular weight excluding hydrogens is 962 g/mol. The molecule has 0 aliphatic carbocycles. The summed E-state index contributed by atoms with van der Waals surface area (Å²) >= 11 is 13.0. The molecule has 10 N–H and O–H groups in total. The van der Waals surface area contributed by atoms with Gasteiger partial charge in [0.15, 0.2) is 27.8 Å². The van der Waals surface area contributed by atoms with Crippen LogP contribution in [-0.2, 0) is 43.4 Å². The van der Waals surface area contributed by atoms with E-state index in [4.69, 9.17) is 59.8 Å². The van der Waals surface area contributed by atoms with Crippen molar-refractivity contribution in [2.75, 3.05) is 35.3 Å². The minimum atomic E-state index is -0.745. The van der Waals surface area contributed by atoms with E-state index in [0.717, 1.165) is 10.1 Å². The molecule has 0 radical (unpaired) electrons. The fourth-order valence-corrected chi connectivity index (χ4v) is 7.25. The summed E-state index contributed by atoms with van der Waals surface area (Å²) in [6, 6.07) is 15.4. The van der Waals surface area contributed by atoms with Gasteiger partial charge in [0.2, 0.25) is 5.91 Å². The third kappa shape index (κ3) is 15.7. The molecule has 0 aliphatic heterocycles. The maximum Gasteiger partial charge on any atom is 0.338 e. The minimum Gasteiger partial charge on any atom is -0.462 e. The van der Waals surface area contributed by atoms with Crippen molar-refractivity contribution in [2.45, 2.75) is 99.6 Å². The van der Waals surface area contributed by atoms with Gasteiger partial charge in [-0.15, -0.1) is 0 Å². The third-order valence-electron chi connectivity index (χ3n) is 9.43. The molecule has 1 amide bonds. The Morgan fingerprint density at radius 2 is 1.15 bits per heavy atom. The van der Waals surface area contributed by atoms with E-state index in [1.165, 1.54) is 41.0 Å². The van der Waals surface area contributed by atoms with Crippen molar-refractivity contribution < 1.29 is 38.6 Å². The zero-order chi connectivity index (χ0) is 52.9. The summed E-state index contributed by atoms with van der Waals surface area (Å²) in [4.78, 5) is 85.2. The van der Waals surface area contributed by atoms with E-state index in [9.17, 15) is 28.8 Å². The van der Waals surface area contributed by atoms with Gasteiger partial charge in [0, 0.05) is 46.7 Å². The summed E-state index contributed by atoms with van der Waals surface area (Å²) in [5.74, 6) is -2.36. The van der Waals surface area contributed by atoms with Gasteiger partial charge in [0.05, 0.1) is 35.7 Å². The average molecular weight is 1020 g/mol. The summed E-state index contributed by atoms with van der Waals surface area (Å²) in [5.41, 5.74) is 18.7. The van der Waals surface area contributed by atoms with Crippen molar-refractivity contribution in [1.82, 2.24) is 24.4 Å². The lowest BCUT2D eigenvalue weighted by atomic mass is 10.1. The maximum absolute atomic E-state index is 13.4. The number of rotatable bonds is 17. The Balaban J connectivity index is 0.000000315. The van der Waals surface area contributed by atoms with E-state index in [0.29, 0.717) is 16.7 Å². The molecule has 0 spiro atoms. The van der Waals surface area contributed by atoms with Crippen LogP contribution in [0.1, 0.15) is 94.2 Å². The van der Waals surface area contributed by atoms with Gasteiger partial charge in [-0.05, 0) is 104 Å². The number of aromatic nitrogens is 4. The number of carbonyl (C=O) groups excluding carboxylic acids is 4. The highest BCUT2D eigenvalue weighted by Gasteiger charge is 2.25. The highest BCUT2D eigenvalue weighted by Crippen LogP contribution is 2.31. The standard InChI is InChI=1S/C26H30ClN7O5.C22H29ClN4O5/c1-4-39-26(37)18-9-17(10-19(28)11-18)21-22(27)32-24(31-14(2)3)25(36)34(21)13-20(35)30-12-15-5-7-16(8-6-15)23(29)33-38;1-7-31-21(30)14-8-13(9-15(24)10-14)17-18(23)26-19(25-12(2)3)20(29)27(17)11-16(28)32-22(4,5)6/h5-11,14,38H,4,12-13,28H2,1-3H3,(H2,29,33)(H,30,35)(H,31,32);8-10,12H,7,11,24H2,1-6H3,(H,25,26). The van der Waals surface area contributed by atoms with Crippen LogP contribution in [0.5, 0.6) is 0 Å². The van der Waals surface area contributed by atoms with Crippen molar-refractivity contribution in [1.29, 1.82) is 0 Å². The highest BCUT2D eigenvalue weighted by atomic mass is 35.5. The van der Waals surface area contributed by atoms with Crippen molar-refractivity contribution in [3.8, 4) is 22.5 Å². The van der Waals surface area contributed by atoms with Crippen LogP contribution in [0.2, 0.25) is 10.3 Å². The van der Waals surface area contributed by atoms with Crippen LogP contribution in [0.3, 0.4) is 0 Å². The molecule has 0 fully saturated rings. The molecule has 5 rings (SSSR count). The van der Waals surface area contributed by atoms with Gasteiger partial charge in [-0.3, -0.25) is 28.3 Å². The number of halogens is 2. The number of carbonyl (C=O) groups is 4. The topological polar surface area (TPSA) is 312 Å². The van der Waals surface area contributed by atoms with Gasteiger partial charge in [-0.25, -0.2) is 19.6 Å². The Bertz CT molecular complexity index is 2910. The third-order valence-corrected chi connectivity index (χ3v) is 9.96. The predicted molar refractivity (Wildman–Crippen MR) is 273 cm³/mol. The van der Waals surface area contributed by atoms with Gasteiger partial charge < -0.3 is 52.6 Å². The first-order valence-electron chi connectivity index (χ1n) is 22.2. The minimum absolute atomic E-state index is 0.00757. The van der Waals surface area contributed by atoms with E-state index in [1.807, 2.05) is 27.7 Å². The van der Waals surface area contributed by atoms with Crippen LogP contribution < -0.4 is 44.3 Å². The number of ether oxygens (including phenoxy) is 3. The summed E-state index contributed by atoms with van der Waals surface area (Å²) in [6.07, 6.45) is 0. The Morgan fingerprint density at radius 1 is 0.718 bits per heavy atom. The average Bonchev–Trinajstić information content (AvgIpc) is 3.27. The molecule has 0 unspecified atom stereocenters. The van der Waals surface area contributed by atoms with E-state index >= 15 is 0 Å². The lowest BCUT2D eigenvalue weighted by Gasteiger charge is -2.22. The largest absolute Gasteiger partial charge is 0.462 e. The number of esters is 3. The fourth-order valence-electron chi connectivity index (χ4n) is 6.66. The Labute approximate surface area is 419 Å². The van der Waals surface area contributed by atoms with Gasteiger partial charge in [-0.1, -0.05) is 52.6 Å².